The molecule has 0 aromatic heterocycles. The van der Waals surface area contributed by atoms with Crippen molar-refractivity contribution in [2.24, 2.45) is 11.3 Å². The second-order valence-corrected chi connectivity index (χ2v) is 6.19. The van der Waals surface area contributed by atoms with Gasteiger partial charge in [-0.25, -0.2) is 0 Å². The van der Waals surface area contributed by atoms with Gasteiger partial charge in [-0.3, -0.25) is 4.79 Å². The third-order valence-corrected chi connectivity index (χ3v) is 4.44. The Morgan fingerprint density at radius 3 is 2.83 bits per heavy atom. The number of hydrogen-bond acceptors (Lipinski definition) is 3. The van der Waals surface area contributed by atoms with Gasteiger partial charge < -0.3 is 15.4 Å². The molecule has 2 saturated heterocycles. The van der Waals surface area contributed by atoms with Crippen LogP contribution in [0.2, 0.25) is 0 Å². The molecule has 0 aromatic carbocycles. The van der Waals surface area contributed by atoms with E-state index in [2.05, 4.69) is 24.5 Å². The van der Waals surface area contributed by atoms with Gasteiger partial charge in [0.05, 0.1) is 6.04 Å². The molecule has 0 aromatic rings. The molecule has 2 atom stereocenters. The smallest absolute Gasteiger partial charge is 0.237 e. The van der Waals surface area contributed by atoms with Crippen LogP contribution in [0.25, 0.3) is 0 Å². The molecular weight excluding hydrogens is 228 g/mol. The van der Waals surface area contributed by atoms with Crippen LogP contribution in [0.3, 0.4) is 0 Å². The standard InChI is InChI=1S/C14H26N2O2/c1-11-4-3-7-15-12(11)13(17)16-10-14(2)5-8-18-9-6-14/h11-12,15H,3-10H2,1-2H3,(H,16,17). The third-order valence-electron chi connectivity index (χ3n) is 4.44. The number of rotatable bonds is 3. The Hall–Kier alpha value is -0.610. The number of amides is 1. The van der Waals surface area contributed by atoms with Crippen molar-refractivity contribution in [3.8, 4) is 0 Å². The number of carbonyl (C=O) groups is 1. The van der Waals surface area contributed by atoms with E-state index < -0.39 is 0 Å². The Bertz CT molecular complexity index is 288. The van der Waals surface area contributed by atoms with Crippen molar-refractivity contribution >= 4 is 5.91 Å². The van der Waals surface area contributed by atoms with E-state index in [9.17, 15) is 4.79 Å². The summed E-state index contributed by atoms with van der Waals surface area (Å²) >= 11 is 0. The number of carbonyl (C=O) groups excluding carboxylic acids is 1. The van der Waals surface area contributed by atoms with Crippen LogP contribution in [0.15, 0.2) is 0 Å². The van der Waals surface area contributed by atoms with E-state index >= 15 is 0 Å². The van der Waals surface area contributed by atoms with Gasteiger partial charge in [-0.1, -0.05) is 13.8 Å². The molecule has 0 spiro atoms. The molecule has 0 aliphatic carbocycles. The van der Waals surface area contributed by atoms with Crippen LogP contribution >= 0.6 is 0 Å². The predicted molar refractivity (Wildman–Crippen MR) is 71.4 cm³/mol. The minimum Gasteiger partial charge on any atom is -0.381 e. The van der Waals surface area contributed by atoms with E-state index in [4.69, 9.17) is 4.74 Å². The van der Waals surface area contributed by atoms with Crippen molar-refractivity contribution in [1.29, 1.82) is 0 Å². The van der Waals surface area contributed by atoms with Crippen LogP contribution in [0.1, 0.15) is 39.5 Å². The molecule has 1 amide bonds. The monoisotopic (exact) mass is 254 g/mol. The highest BCUT2D eigenvalue weighted by Crippen LogP contribution is 2.28. The number of hydrogen-bond donors (Lipinski definition) is 2. The first kappa shape index (κ1) is 13.8. The summed E-state index contributed by atoms with van der Waals surface area (Å²) in [5.41, 5.74) is 0.214. The summed E-state index contributed by atoms with van der Waals surface area (Å²) in [5, 5.41) is 6.47. The average molecular weight is 254 g/mol. The summed E-state index contributed by atoms with van der Waals surface area (Å²) < 4.78 is 5.38. The van der Waals surface area contributed by atoms with E-state index in [0.717, 1.165) is 45.6 Å². The van der Waals surface area contributed by atoms with Crippen LogP contribution in [-0.2, 0) is 9.53 Å². The van der Waals surface area contributed by atoms with Crippen molar-refractivity contribution in [2.75, 3.05) is 26.3 Å². The molecule has 2 unspecified atom stereocenters. The van der Waals surface area contributed by atoms with Gasteiger partial charge in [-0.2, -0.15) is 0 Å². The van der Waals surface area contributed by atoms with Crippen molar-refractivity contribution in [3.63, 3.8) is 0 Å². The molecule has 2 heterocycles. The Morgan fingerprint density at radius 2 is 2.17 bits per heavy atom. The molecule has 4 nitrogen and oxygen atoms in total. The molecule has 2 fully saturated rings. The Morgan fingerprint density at radius 1 is 1.44 bits per heavy atom. The molecule has 0 saturated carbocycles. The lowest BCUT2D eigenvalue weighted by Gasteiger charge is -2.35. The fourth-order valence-corrected chi connectivity index (χ4v) is 2.85. The molecule has 2 aliphatic heterocycles. The van der Waals surface area contributed by atoms with Gasteiger partial charge >= 0.3 is 0 Å². The fourth-order valence-electron chi connectivity index (χ4n) is 2.85. The maximum absolute atomic E-state index is 12.2. The lowest BCUT2D eigenvalue weighted by atomic mass is 9.82. The maximum atomic E-state index is 12.2. The lowest BCUT2D eigenvalue weighted by Crippen LogP contribution is -2.52. The Balaban J connectivity index is 1.80. The molecule has 104 valence electrons. The van der Waals surface area contributed by atoms with E-state index in [0.29, 0.717) is 5.92 Å². The summed E-state index contributed by atoms with van der Waals surface area (Å²) in [6, 6.07) is 0.00203. The first-order valence-electron chi connectivity index (χ1n) is 7.20. The second-order valence-electron chi connectivity index (χ2n) is 6.19. The lowest BCUT2D eigenvalue weighted by molar-refractivity contribution is -0.125. The first-order chi connectivity index (χ1) is 8.61. The van der Waals surface area contributed by atoms with Gasteiger partial charge in [0.1, 0.15) is 0 Å². The molecule has 0 radical (unpaired) electrons. The Labute approximate surface area is 110 Å². The van der Waals surface area contributed by atoms with Gasteiger partial charge in [-0.05, 0) is 43.6 Å². The topological polar surface area (TPSA) is 50.4 Å². The second kappa shape index (κ2) is 6.02. The average Bonchev–Trinajstić information content (AvgIpc) is 2.38. The zero-order valence-corrected chi connectivity index (χ0v) is 11.6. The first-order valence-corrected chi connectivity index (χ1v) is 7.20. The summed E-state index contributed by atoms with van der Waals surface area (Å²) in [5.74, 6) is 0.621. The fraction of sp³-hybridized carbons (Fsp3) is 0.929. The number of piperidine rings is 1. The van der Waals surface area contributed by atoms with Gasteiger partial charge in [0.15, 0.2) is 0 Å². The van der Waals surface area contributed by atoms with Crippen molar-refractivity contribution in [2.45, 2.75) is 45.6 Å². The summed E-state index contributed by atoms with van der Waals surface area (Å²) in [6.07, 6.45) is 4.41. The summed E-state index contributed by atoms with van der Waals surface area (Å²) in [6.45, 7) is 7.79. The van der Waals surface area contributed by atoms with Gasteiger partial charge in [0.2, 0.25) is 5.91 Å². The number of nitrogens with one attached hydrogen (secondary N) is 2. The quantitative estimate of drug-likeness (QED) is 0.798. The molecular formula is C14H26N2O2. The van der Waals surface area contributed by atoms with Crippen molar-refractivity contribution < 1.29 is 9.53 Å². The minimum atomic E-state index is 0.00203. The number of ether oxygens (including phenoxy) is 1. The summed E-state index contributed by atoms with van der Waals surface area (Å²) in [4.78, 5) is 12.2. The Kier molecular flexibility index (Phi) is 4.62. The van der Waals surface area contributed by atoms with Crippen LogP contribution in [0.4, 0.5) is 0 Å². The highest BCUT2D eigenvalue weighted by atomic mass is 16.5. The predicted octanol–water partition coefficient (Wildman–Crippen LogP) is 1.31. The van der Waals surface area contributed by atoms with E-state index in [1.54, 1.807) is 0 Å². The SMILES string of the molecule is CC1CCCNC1C(=O)NCC1(C)CCOCC1. The van der Waals surface area contributed by atoms with Crippen molar-refractivity contribution in [1.82, 2.24) is 10.6 Å². The largest absolute Gasteiger partial charge is 0.381 e. The third kappa shape index (κ3) is 3.45. The zero-order valence-electron chi connectivity index (χ0n) is 11.6. The minimum absolute atomic E-state index is 0.00203. The molecule has 2 N–H and O–H groups in total. The van der Waals surface area contributed by atoms with Crippen LogP contribution < -0.4 is 10.6 Å². The van der Waals surface area contributed by atoms with E-state index in [1.165, 1.54) is 6.42 Å². The molecule has 18 heavy (non-hydrogen) atoms. The maximum Gasteiger partial charge on any atom is 0.237 e. The van der Waals surface area contributed by atoms with E-state index in [1.807, 2.05) is 0 Å². The zero-order chi connectivity index (χ0) is 13.0. The normalized spacial score (nSPS) is 31.9. The molecule has 2 rings (SSSR count). The molecule has 2 aliphatic rings. The summed E-state index contributed by atoms with van der Waals surface area (Å²) in [7, 11) is 0. The molecule has 4 heteroatoms. The highest BCUT2D eigenvalue weighted by molar-refractivity contribution is 5.82. The van der Waals surface area contributed by atoms with Crippen LogP contribution in [0.5, 0.6) is 0 Å². The van der Waals surface area contributed by atoms with Gasteiger partial charge in [0.25, 0.3) is 0 Å². The highest BCUT2D eigenvalue weighted by Gasteiger charge is 2.31. The van der Waals surface area contributed by atoms with Crippen LogP contribution in [-0.4, -0.2) is 38.3 Å². The van der Waals surface area contributed by atoms with Gasteiger partial charge in [-0.15, -0.1) is 0 Å². The van der Waals surface area contributed by atoms with E-state index in [-0.39, 0.29) is 17.4 Å². The van der Waals surface area contributed by atoms with Crippen LogP contribution in [0, 0.1) is 11.3 Å². The van der Waals surface area contributed by atoms with Crippen molar-refractivity contribution in [3.05, 3.63) is 0 Å². The molecule has 0 bridgehead atoms. The van der Waals surface area contributed by atoms with Gasteiger partial charge in [0, 0.05) is 19.8 Å².